The number of hydrogen-bond donors (Lipinski definition) is 0. The van der Waals surface area contributed by atoms with Crippen LogP contribution < -0.4 is 0 Å². The topological polar surface area (TPSA) is 12.4 Å². The summed E-state index contributed by atoms with van der Waals surface area (Å²) in [6.45, 7) is 0. The molecule has 2 rings (SSSR count). The molecule has 0 N–H and O–H groups in total. The van der Waals surface area contributed by atoms with Crippen LogP contribution in [-0.4, -0.2) is 12.5 Å². The standard InChI is InChI=1S/C14H11F2NS/c1-18-12-5-2-10(3-6-12)9-17-14-7-4-11(15)8-13(14)16/h2-9H,1H3. The Morgan fingerprint density at radius 2 is 1.78 bits per heavy atom. The first-order chi connectivity index (χ1) is 8.69. The van der Waals surface area contributed by atoms with Gasteiger partial charge in [0.25, 0.3) is 0 Å². The highest BCUT2D eigenvalue weighted by molar-refractivity contribution is 7.98. The third-order valence-electron chi connectivity index (χ3n) is 2.38. The van der Waals surface area contributed by atoms with E-state index in [1.165, 1.54) is 12.1 Å². The molecule has 0 saturated heterocycles. The van der Waals surface area contributed by atoms with Gasteiger partial charge in [-0.25, -0.2) is 8.78 Å². The Morgan fingerprint density at radius 3 is 2.39 bits per heavy atom. The zero-order valence-electron chi connectivity index (χ0n) is 9.73. The molecule has 0 aliphatic carbocycles. The van der Waals surface area contributed by atoms with Crippen LogP contribution in [0.2, 0.25) is 0 Å². The van der Waals surface area contributed by atoms with Crippen molar-refractivity contribution in [3.05, 3.63) is 59.7 Å². The summed E-state index contributed by atoms with van der Waals surface area (Å²) < 4.78 is 26.0. The molecule has 0 unspecified atom stereocenters. The molecule has 0 bridgehead atoms. The Labute approximate surface area is 109 Å². The molecule has 0 spiro atoms. The van der Waals surface area contributed by atoms with Gasteiger partial charge in [0.2, 0.25) is 0 Å². The average molecular weight is 263 g/mol. The maximum absolute atomic E-state index is 13.3. The van der Waals surface area contributed by atoms with Crippen LogP contribution in [0.25, 0.3) is 0 Å². The van der Waals surface area contributed by atoms with Gasteiger partial charge in [-0.1, -0.05) is 12.1 Å². The predicted octanol–water partition coefficient (Wildman–Crippen LogP) is 4.44. The number of aliphatic imine (C=N–C) groups is 1. The molecule has 0 aliphatic heterocycles. The lowest BCUT2D eigenvalue weighted by Gasteiger charge is -1.98. The van der Waals surface area contributed by atoms with E-state index in [1.54, 1.807) is 18.0 Å². The number of nitrogens with zero attached hydrogens (tertiary/aromatic N) is 1. The summed E-state index contributed by atoms with van der Waals surface area (Å²) >= 11 is 1.65. The van der Waals surface area contributed by atoms with Crippen LogP contribution in [0.3, 0.4) is 0 Å². The minimum absolute atomic E-state index is 0.130. The van der Waals surface area contributed by atoms with E-state index in [1.807, 2.05) is 30.5 Å². The van der Waals surface area contributed by atoms with Gasteiger partial charge in [-0.2, -0.15) is 0 Å². The van der Waals surface area contributed by atoms with Gasteiger partial charge in [0, 0.05) is 17.2 Å². The van der Waals surface area contributed by atoms with Gasteiger partial charge in [0.1, 0.15) is 5.82 Å². The third kappa shape index (κ3) is 3.17. The maximum atomic E-state index is 13.3. The fourth-order valence-corrected chi connectivity index (χ4v) is 1.83. The van der Waals surface area contributed by atoms with E-state index in [0.717, 1.165) is 16.5 Å². The maximum Gasteiger partial charge on any atom is 0.151 e. The summed E-state index contributed by atoms with van der Waals surface area (Å²) in [4.78, 5) is 5.15. The first kappa shape index (κ1) is 12.8. The van der Waals surface area contributed by atoms with Crippen molar-refractivity contribution in [2.75, 3.05) is 6.26 Å². The molecule has 2 aromatic carbocycles. The first-order valence-electron chi connectivity index (χ1n) is 5.32. The molecule has 92 valence electrons. The van der Waals surface area contributed by atoms with E-state index in [-0.39, 0.29) is 5.69 Å². The summed E-state index contributed by atoms with van der Waals surface area (Å²) in [5.74, 6) is -1.26. The van der Waals surface area contributed by atoms with Crippen molar-refractivity contribution in [3.63, 3.8) is 0 Å². The highest BCUT2D eigenvalue weighted by Gasteiger charge is 2.01. The Balaban J connectivity index is 2.19. The van der Waals surface area contributed by atoms with Crippen LogP contribution in [-0.2, 0) is 0 Å². The molecular weight excluding hydrogens is 252 g/mol. The summed E-state index contributed by atoms with van der Waals surface area (Å²) in [7, 11) is 0. The van der Waals surface area contributed by atoms with E-state index in [4.69, 9.17) is 0 Å². The van der Waals surface area contributed by atoms with Gasteiger partial charge in [0.15, 0.2) is 5.82 Å². The zero-order chi connectivity index (χ0) is 13.0. The zero-order valence-corrected chi connectivity index (χ0v) is 10.5. The quantitative estimate of drug-likeness (QED) is 0.589. The molecule has 0 heterocycles. The van der Waals surface area contributed by atoms with Crippen LogP contribution in [0.15, 0.2) is 52.4 Å². The van der Waals surface area contributed by atoms with Gasteiger partial charge < -0.3 is 0 Å². The normalized spacial score (nSPS) is 11.1. The lowest BCUT2D eigenvalue weighted by molar-refractivity contribution is 0.585. The van der Waals surface area contributed by atoms with Gasteiger partial charge in [0.05, 0.1) is 5.69 Å². The van der Waals surface area contributed by atoms with Crippen molar-refractivity contribution in [2.24, 2.45) is 4.99 Å². The molecule has 0 atom stereocenters. The van der Waals surface area contributed by atoms with E-state index in [2.05, 4.69) is 4.99 Å². The number of thioether (sulfide) groups is 1. The fraction of sp³-hybridized carbons (Fsp3) is 0.0714. The van der Waals surface area contributed by atoms with Crippen molar-refractivity contribution in [1.82, 2.24) is 0 Å². The second-order valence-electron chi connectivity index (χ2n) is 3.63. The second kappa shape index (κ2) is 5.78. The molecule has 0 aliphatic rings. The first-order valence-corrected chi connectivity index (χ1v) is 6.54. The number of rotatable bonds is 3. The van der Waals surface area contributed by atoms with E-state index < -0.39 is 11.6 Å². The lowest BCUT2D eigenvalue weighted by atomic mass is 10.2. The number of benzene rings is 2. The van der Waals surface area contributed by atoms with Gasteiger partial charge in [-0.3, -0.25) is 4.99 Å². The largest absolute Gasteiger partial charge is 0.253 e. The molecule has 2 aromatic rings. The Hall–Kier alpha value is -1.68. The lowest BCUT2D eigenvalue weighted by Crippen LogP contribution is -1.83. The van der Waals surface area contributed by atoms with Crippen LogP contribution in [0, 0.1) is 11.6 Å². The van der Waals surface area contributed by atoms with Crippen molar-refractivity contribution in [1.29, 1.82) is 0 Å². The Kier molecular flexibility index (Phi) is 4.10. The molecule has 0 radical (unpaired) electrons. The summed E-state index contributed by atoms with van der Waals surface area (Å²) in [5, 5.41) is 0. The monoisotopic (exact) mass is 263 g/mol. The average Bonchev–Trinajstić information content (AvgIpc) is 2.38. The van der Waals surface area contributed by atoms with Gasteiger partial charge >= 0.3 is 0 Å². The Morgan fingerprint density at radius 1 is 1.06 bits per heavy atom. The van der Waals surface area contributed by atoms with Crippen LogP contribution >= 0.6 is 11.8 Å². The molecule has 1 nitrogen and oxygen atoms in total. The second-order valence-corrected chi connectivity index (χ2v) is 4.51. The Bertz CT molecular complexity index is 565. The van der Waals surface area contributed by atoms with E-state index in [9.17, 15) is 8.78 Å². The summed E-state index contributed by atoms with van der Waals surface area (Å²) in [5.41, 5.74) is 1.00. The number of halogens is 2. The van der Waals surface area contributed by atoms with E-state index in [0.29, 0.717) is 0 Å². The minimum atomic E-state index is -0.660. The summed E-state index contributed by atoms with van der Waals surface area (Å²) in [6, 6.07) is 11.1. The van der Waals surface area contributed by atoms with Crippen LogP contribution in [0.5, 0.6) is 0 Å². The number of hydrogen-bond acceptors (Lipinski definition) is 2. The van der Waals surface area contributed by atoms with E-state index >= 15 is 0 Å². The van der Waals surface area contributed by atoms with Crippen molar-refractivity contribution in [2.45, 2.75) is 4.90 Å². The van der Waals surface area contributed by atoms with Crippen molar-refractivity contribution < 1.29 is 8.78 Å². The minimum Gasteiger partial charge on any atom is -0.253 e. The molecule has 18 heavy (non-hydrogen) atoms. The fourth-order valence-electron chi connectivity index (χ4n) is 1.42. The third-order valence-corrected chi connectivity index (χ3v) is 3.12. The van der Waals surface area contributed by atoms with Crippen molar-refractivity contribution >= 4 is 23.7 Å². The van der Waals surface area contributed by atoms with Crippen molar-refractivity contribution in [3.8, 4) is 0 Å². The molecular formula is C14H11F2NS. The van der Waals surface area contributed by atoms with Gasteiger partial charge in [-0.05, 0) is 36.1 Å². The predicted molar refractivity (Wildman–Crippen MR) is 71.8 cm³/mol. The van der Waals surface area contributed by atoms with Gasteiger partial charge in [-0.15, -0.1) is 11.8 Å². The SMILES string of the molecule is CSc1ccc(C=Nc2ccc(F)cc2F)cc1. The highest BCUT2D eigenvalue weighted by Crippen LogP contribution is 2.19. The summed E-state index contributed by atoms with van der Waals surface area (Å²) in [6.07, 6.45) is 3.55. The molecule has 0 aromatic heterocycles. The van der Waals surface area contributed by atoms with Crippen LogP contribution in [0.1, 0.15) is 5.56 Å². The smallest absolute Gasteiger partial charge is 0.151 e. The molecule has 0 amide bonds. The molecule has 0 saturated carbocycles. The molecule has 4 heteroatoms. The highest BCUT2D eigenvalue weighted by atomic mass is 32.2. The molecule has 0 fully saturated rings. The van der Waals surface area contributed by atoms with Crippen LogP contribution in [0.4, 0.5) is 14.5 Å².